The van der Waals surface area contributed by atoms with E-state index in [4.69, 9.17) is 5.11 Å². The Morgan fingerprint density at radius 1 is 1.17 bits per heavy atom. The summed E-state index contributed by atoms with van der Waals surface area (Å²) in [5.74, 6) is -0.167. The lowest BCUT2D eigenvalue weighted by Crippen LogP contribution is -1.96. The van der Waals surface area contributed by atoms with Crippen molar-refractivity contribution >= 4 is 23.9 Å². The van der Waals surface area contributed by atoms with E-state index in [2.05, 4.69) is 27.4 Å². The number of aromatic carboxylic acids is 1. The Balaban J connectivity index is 1.67. The van der Waals surface area contributed by atoms with Gasteiger partial charge in [-0.15, -0.1) is 10.2 Å². The van der Waals surface area contributed by atoms with Crippen LogP contribution < -0.4 is 0 Å². The molecule has 0 aliphatic rings. The largest absolute Gasteiger partial charge is 0.478 e. The molecule has 0 amide bonds. The number of hydrogen-bond acceptors (Lipinski definition) is 5. The molecule has 0 saturated carbocycles. The molecule has 1 aromatic heterocycles. The van der Waals surface area contributed by atoms with Crippen molar-refractivity contribution in [1.82, 2.24) is 14.9 Å². The Kier molecular flexibility index (Phi) is 5.02. The minimum absolute atomic E-state index is 0.246. The number of benzene rings is 2. The van der Waals surface area contributed by atoms with E-state index in [1.807, 2.05) is 18.2 Å². The van der Waals surface area contributed by atoms with Gasteiger partial charge in [-0.2, -0.15) is 9.78 Å². The highest BCUT2D eigenvalue weighted by Crippen LogP contribution is 2.20. The highest BCUT2D eigenvalue weighted by atomic mass is 32.2. The van der Waals surface area contributed by atoms with Crippen molar-refractivity contribution in [3.8, 4) is 0 Å². The van der Waals surface area contributed by atoms with Crippen LogP contribution in [0.4, 0.5) is 0 Å². The van der Waals surface area contributed by atoms with E-state index in [1.165, 1.54) is 11.9 Å². The van der Waals surface area contributed by atoms with Gasteiger partial charge in [0.25, 0.3) is 0 Å². The third-order valence-electron chi connectivity index (χ3n) is 3.20. The van der Waals surface area contributed by atoms with E-state index >= 15 is 0 Å². The lowest BCUT2D eigenvalue weighted by atomic mass is 10.1. The Labute approximate surface area is 142 Å². The topological polar surface area (TPSA) is 80.4 Å². The minimum atomic E-state index is -0.947. The highest BCUT2D eigenvalue weighted by Gasteiger charge is 2.05. The van der Waals surface area contributed by atoms with Crippen LogP contribution in [0.2, 0.25) is 0 Å². The third kappa shape index (κ3) is 4.08. The molecule has 24 heavy (non-hydrogen) atoms. The molecule has 3 rings (SSSR count). The quantitative estimate of drug-likeness (QED) is 0.551. The molecule has 0 spiro atoms. The summed E-state index contributed by atoms with van der Waals surface area (Å²) in [7, 11) is 0. The minimum Gasteiger partial charge on any atom is -0.478 e. The van der Waals surface area contributed by atoms with Crippen LogP contribution in [0.5, 0.6) is 0 Å². The number of thioether (sulfide) groups is 1. The van der Waals surface area contributed by atoms with Crippen LogP contribution in [-0.2, 0) is 5.75 Å². The molecule has 1 heterocycles. The van der Waals surface area contributed by atoms with Gasteiger partial charge in [0.15, 0.2) is 0 Å². The second-order valence-electron chi connectivity index (χ2n) is 4.90. The lowest BCUT2D eigenvalue weighted by molar-refractivity contribution is 0.0697. The molecule has 0 saturated heterocycles. The van der Waals surface area contributed by atoms with E-state index in [0.29, 0.717) is 5.16 Å². The molecule has 0 atom stereocenters. The summed E-state index contributed by atoms with van der Waals surface area (Å²) >= 11 is 1.55. The van der Waals surface area contributed by atoms with E-state index in [9.17, 15) is 4.79 Å². The van der Waals surface area contributed by atoms with Crippen molar-refractivity contribution in [3.63, 3.8) is 0 Å². The third-order valence-corrected chi connectivity index (χ3v) is 4.20. The molecular weight excluding hydrogens is 324 g/mol. The number of hydrogen-bond donors (Lipinski definition) is 1. The summed E-state index contributed by atoms with van der Waals surface area (Å²) in [5.41, 5.74) is 2.24. The number of nitrogens with zero attached hydrogens (tertiary/aromatic N) is 4. The fourth-order valence-electron chi connectivity index (χ4n) is 1.96. The van der Waals surface area contributed by atoms with E-state index in [0.717, 1.165) is 11.3 Å². The molecule has 0 unspecified atom stereocenters. The summed E-state index contributed by atoms with van der Waals surface area (Å²) in [6.45, 7) is 0. The normalized spacial score (nSPS) is 11.0. The van der Waals surface area contributed by atoms with Crippen molar-refractivity contribution in [2.24, 2.45) is 5.10 Å². The van der Waals surface area contributed by atoms with Crippen LogP contribution in [0.3, 0.4) is 0 Å². The zero-order chi connectivity index (χ0) is 16.8. The van der Waals surface area contributed by atoms with Crippen LogP contribution in [-0.4, -0.2) is 32.2 Å². The molecule has 120 valence electrons. The number of carboxylic acids is 1. The van der Waals surface area contributed by atoms with Gasteiger partial charge in [-0.05, 0) is 23.3 Å². The monoisotopic (exact) mass is 338 g/mol. The molecule has 6 nitrogen and oxygen atoms in total. The molecule has 0 bridgehead atoms. The molecular formula is C17H14N4O2S. The van der Waals surface area contributed by atoms with Crippen LogP contribution in [0.15, 0.2) is 71.2 Å². The highest BCUT2D eigenvalue weighted by molar-refractivity contribution is 7.98. The van der Waals surface area contributed by atoms with Gasteiger partial charge in [0.2, 0.25) is 5.16 Å². The van der Waals surface area contributed by atoms with Gasteiger partial charge in [0.1, 0.15) is 6.33 Å². The molecule has 0 aliphatic carbocycles. The zero-order valence-corrected chi connectivity index (χ0v) is 13.4. The first-order valence-electron chi connectivity index (χ1n) is 7.17. The Morgan fingerprint density at radius 2 is 1.92 bits per heavy atom. The zero-order valence-electron chi connectivity index (χ0n) is 12.6. The molecule has 0 fully saturated rings. The van der Waals surface area contributed by atoms with E-state index < -0.39 is 5.97 Å². The Bertz CT molecular complexity index is 845. The molecule has 2 aromatic carbocycles. The molecule has 7 heteroatoms. The molecule has 1 N–H and O–H groups in total. The van der Waals surface area contributed by atoms with Crippen LogP contribution in [0.1, 0.15) is 21.5 Å². The summed E-state index contributed by atoms with van der Waals surface area (Å²) < 4.78 is 1.60. The van der Waals surface area contributed by atoms with Crippen molar-refractivity contribution < 1.29 is 9.90 Å². The first-order valence-corrected chi connectivity index (χ1v) is 8.15. The number of aromatic nitrogens is 3. The first-order chi connectivity index (χ1) is 11.7. The van der Waals surface area contributed by atoms with Crippen molar-refractivity contribution in [1.29, 1.82) is 0 Å². The van der Waals surface area contributed by atoms with Gasteiger partial charge in [0.05, 0.1) is 11.8 Å². The second kappa shape index (κ2) is 7.56. The van der Waals surface area contributed by atoms with E-state index in [-0.39, 0.29) is 5.56 Å². The predicted molar refractivity (Wildman–Crippen MR) is 92.4 cm³/mol. The number of carboxylic acid groups (broad SMARTS) is 1. The van der Waals surface area contributed by atoms with Gasteiger partial charge in [-0.1, -0.05) is 54.2 Å². The number of rotatable bonds is 6. The molecule has 0 aliphatic heterocycles. The van der Waals surface area contributed by atoms with Crippen molar-refractivity contribution in [3.05, 3.63) is 77.6 Å². The van der Waals surface area contributed by atoms with Gasteiger partial charge < -0.3 is 5.11 Å². The fraction of sp³-hybridized carbons (Fsp3) is 0.0588. The maximum absolute atomic E-state index is 10.8. The summed E-state index contributed by atoms with van der Waals surface area (Å²) in [4.78, 5) is 10.8. The van der Waals surface area contributed by atoms with Gasteiger partial charge in [-0.25, -0.2) is 4.79 Å². The predicted octanol–water partition coefficient (Wildman–Crippen LogP) is 3.15. The average Bonchev–Trinajstić information content (AvgIpc) is 3.07. The maximum Gasteiger partial charge on any atom is 0.335 e. The summed E-state index contributed by atoms with van der Waals surface area (Å²) in [6.07, 6.45) is 3.18. The molecule has 3 aromatic rings. The second-order valence-corrected chi connectivity index (χ2v) is 5.85. The summed E-state index contributed by atoms with van der Waals surface area (Å²) in [6, 6.07) is 16.6. The average molecular weight is 338 g/mol. The Morgan fingerprint density at radius 3 is 2.62 bits per heavy atom. The van der Waals surface area contributed by atoms with Crippen LogP contribution in [0, 0.1) is 0 Å². The fourth-order valence-corrected chi connectivity index (χ4v) is 2.78. The van der Waals surface area contributed by atoms with Gasteiger partial charge >= 0.3 is 5.97 Å². The summed E-state index contributed by atoms with van der Waals surface area (Å²) in [5, 5.41) is 21.9. The van der Waals surface area contributed by atoms with Crippen LogP contribution in [0.25, 0.3) is 0 Å². The molecule has 0 radical (unpaired) electrons. The smallest absolute Gasteiger partial charge is 0.335 e. The SMILES string of the molecule is O=C(O)c1ccc(/C=N/n2cnnc2SCc2ccccc2)cc1. The van der Waals surface area contributed by atoms with Gasteiger partial charge in [0, 0.05) is 5.75 Å². The van der Waals surface area contributed by atoms with E-state index in [1.54, 1.807) is 46.9 Å². The number of carbonyl (C=O) groups is 1. The standard InChI is InChI=1S/C17H14N4O2S/c22-16(23)15-8-6-13(7-9-15)10-19-21-12-18-20-17(21)24-11-14-4-2-1-3-5-14/h1-10,12H,11H2,(H,22,23)/b19-10+. The van der Waals surface area contributed by atoms with Crippen LogP contribution >= 0.6 is 11.8 Å². The first kappa shape index (κ1) is 15.9. The Hall–Kier alpha value is -2.93. The van der Waals surface area contributed by atoms with Crippen molar-refractivity contribution in [2.45, 2.75) is 10.9 Å². The maximum atomic E-state index is 10.8. The van der Waals surface area contributed by atoms with Gasteiger partial charge in [-0.3, -0.25) is 0 Å². The lowest BCUT2D eigenvalue weighted by Gasteiger charge is -2.01. The van der Waals surface area contributed by atoms with Crippen molar-refractivity contribution in [2.75, 3.05) is 0 Å².